The largest absolute Gasteiger partial charge is 0.333 e. The van der Waals surface area contributed by atoms with E-state index in [1.54, 1.807) is 17.8 Å². The summed E-state index contributed by atoms with van der Waals surface area (Å²) in [4.78, 5) is 16.9. The molecular weight excluding hydrogens is 424 g/mol. The van der Waals surface area contributed by atoms with Gasteiger partial charge in [0.05, 0.1) is 17.9 Å². The maximum atomic E-state index is 12.2. The predicted molar refractivity (Wildman–Crippen MR) is 127 cm³/mol. The van der Waals surface area contributed by atoms with Crippen LogP contribution < -0.4 is 10.2 Å². The van der Waals surface area contributed by atoms with Gasteiger partial charge in [-0.2, -0.15) is 0 Å². The van der Waals surface area contributed by atoms with Gasteiger partial charge in [0.25, 0.3) is 0 Å². The van der Waals surface area contributed by atoms with Gasteiger partial charge in [-0.25, -0.2) is 0 Å². The zero-order chi connectivity index (χ0) is 21.0. The average molecular weight is 443 g/mol. The molecule has 0 saturated heterocycles. The molecule has 1 aromatic heterocycles. The van der Waals surface area contributed by atoms with Crippen LogP contribution in [0.25, 0.3) is 6.08 Å². The Kier molecular flexibility index (Phi) is 5.52. The van der Waals surface area contributed by atoms with E-state index in [0.717, 1.165) is 21.9 Å². The standard InChI is InChI=1S/C24H18N4OS2/c29-22(15-14-17-8-2-1-3-9-17)25-24-27-26-23(31-24)16-28-18-10-4-6-12-20(18)30-21-13-7-5-11-19(21)28/h1-15H,16H2,(H,25,27,29)/b15-14+. The number of hydrogen-bond donors (Lipinski definition) is 1. The molecule has 1 aliphatic rings. The lowest BCUT2D eigenvalue weighted by molar-refractivity contribution is -0.111. The number of anilines is 3. The van der Waals surface area contributed by atoms with Crippen LogP contribution in [0.1, 0.15) is 10.6 Å². The summed E-state index contributed by atoms with van der Waals surface area (Å²) in [5, 5.41) is 12.6. The molecule has 5 nitrogen and oxygen atoms in total. The Morgan fingerprint density at radius 2 is 1.52 bits per heavy atom. The third-order valence-electron chi connectivity index (χ3n) is 4.75. The highest BCUT2D eigenvalue weighted by Gasteiger charge is 2.24. The summed E-state index contributed by atoms with van der Waals surface area (Å²) in [6.45, 7) is 0.585. The van der Waals surface area contributed by atoms with Crippen molar-refractivity contribution in [2.75, 3.05) is 10.2 Å². The molecule has 1 aliphatic heterocycles. The first kappa shape index (κ1) is 19.5. The lowest BCUT2D eigenvalue weighted by atomic mass is 10.2. The first-order valence-corrected chi connectivity index (χ1v) is 11.4. The molecule has 2 heterocycles. The predicted octanol–water partition coefficient (Wildman–Crippen LogP) is 5.99. The number of carbonyl (C=O) groups excluding carboxylic acids is 1. The summed E-state index contributed by atoms with van der Waals surface area (Å²) >= 11 is 3.16. The van der Waals surface area contributed by atoms with Crippen LogP contribution in [0.4, 0.5) is 16.5 Å². The van der Waals surface area contributed by atoms with Gasteiger partial charge in [0.15, 0.2) is 0 Å². The maximum Gasteiger partial charge on any atom is 0.250 e. The number of hydrogen-bond acceptors (Lipinski definition) is 6. The number of nitrogens with one attached hydrogen (secondary N) is 1. The van der Waals surface area contributed by atoms with E-state index in [1.807, 2.05) is 42.5 Å². The van der Waals surface area contributed by atoms with Crippen molar-refractivity contribution in [2.24, 2.45) is 0 Å². The van der Waals surface area contributed by atoms with E-state index in [0.29, 0.717) is 11.7 Å². The maximum absolute atomic E-state index is 12.2. The summed E-state index contributed by atoms with van der Waals surface area (Å²) < 4.78 is 0. The number of aromatic nitrogens is 2. The van der Waals surface area contributed by atoms with Crippen LogP contribution in [-0.4, -0.2) is 16.1 Å². The van der Waals surface area contributed by atoms with E-state index in [1.165, 1.54) is 27.2 Å². The number of para-hydroxylation sites is 2. The van der Waals surface area contributed by atoms with Gasteiger partial charge in [0.2, 0.25) is 11.0 Å². The molecule has 0 fully saturated rings. The SMILES string of the molecule is O=C(/C=C/c1ccccc1)Nc1nnc(CN2c3ccccc3Sc3ccccc32)s1. The Labute approximate surface area is 188 Å². The van der Waals surface area contributed by atoms with E-state index in [9.17, 15) is 4.79 Å². The van der Waals surface area contributed by atoms with Crippen LogP contribution in [-0.2, 0) is 11.3 Å². The second-order valence-corrected chi connectivity index (χ2v) is 9.00. The molecule has 0 aliphatic carbocycles. The summed E-state index contributed by atoms with van der Waals surface area (Å²) in [5.74, 6) is -0.225. The highest BCUT2D eigenvalue weighted by atomic mass is 32.2. The molecule has 0 bridgehead atoms. The molecule has 7 heteroatoms. The Morgan fingerprint density at radius 3 is 2.23 bits per heavy atom. The molecule has 0 saturated carbocycles. The topological polar surface area (TPSA) is 58.1 Å². The minimum absolute atomic E-state index is 0.225. The molecular formula is C24H18N4OS2. The Balaban J connectivity index is 1.32. The quantitative estimate of drug-likeness (QED) is 0.385. The van der Waals surface area contributed by atoms with Gasteiger partial charge >= 0.3 is 0 Å². The molecule has 0 atom stereocenters. The van der Waals surface area contributed by atoms with Gasteiger partial charge in [0.1, 0.15) is 5.01 Å². The van der Waals surface area contributed by atoms with Crippen molar-refractivity contribution in [3.05, 3.63) is 95.5 Å². The molecule has 0 unspecified atom stereocenters. The monoisotopic (exact) mass is 442 g/mol. The number of nitrogens with zero attached hydrogens (tertiary/aromatic N) is 3. The van der Waals surface area contributed by atoms with Crippen LogP contribution in [0.5, 0.6) is 0 Å². The Morgan fingerprint density at radius 1 is 0.871 bits per heavy atom. The number of rotatable bonds is 5. The third kappa shape index (κ3) is 4.38. The Bertz CT molecular complexity index is 1210. The highest BCUT2D eigenvalue weighted by molar-refractivity contribution is 7.99. The number of benzene rings is 3. The number of carbonyl (C=O) groups is 1. The average Bonchev–Trinajstić information content (AvgIpc) is 3.25. The first-order chi connectivity index (χ1) is 15.3. The highest BCUT2D eigenvalue weighted by Crippen LogP contribution is 2.48. The van der Waals surface area contributed by atoms with Crippen molar-refractivity contribution < 1.29 is 4.79 Å². The summed E-state index contributed by atoms with van der Waals surface area (Å²) in [6.07, 6.45) is 3.28. The van der Waals surface area contributed by atoms with Gasteiger partial charge in [-0.05, 0) is 35.9 Å². The van der Waals surface area contributed by atoms with Gasteiger partial charge in [-0.1, -0.05) is 77.7 Å². The van der Waals surface area contributed by atoms with E-state index in [4.69, 9.17) is 0 Å². The van der Waals surface area contributed by atoms with Gasteiger partial charge in [-0.3, -0.25) is 10.1 Å². The molecule has 152 valence electrons. The van der Waals surface area contributed by atoms with E-state index in [-0.39, 0.29) is 5.91 Å². The van der Waals surface area contributed by atoms with Crippen LogP contribution in [0.3, 0.4) is 0 Å². The van der Waals surface area contributed by atoms with Crippen LogP contribution in [0.2, 0.25) is 0 Å². The van der Waals surface area contributed by atoms with Crippen LogP contribution in [0, 0.1) is 0 Å². The molecule has 31 heavy (non-hydrogen) atoms. The lowest BCUT2D eigenvalue weighted by Gasteiger charge is -2.31. The molecule has 0 spiro atoms. The molecule has 1 amide bonds. The summed E-state index contributed by atoms with van der Waals surface area (Å²) in [6, 6.07) is 26.4. The van der Waals surface area contributed by atoms with Crippen molar-refractivity contribution in [3.63, 3.8) is 0 Å². The number of fused-ring (bicyclic) bond motifs is 2. The number of amides is 1. The summed E-state index contributed by atoms with van der Waals surface area (Å²) in [7, 11) is 0. The van der Waals surface area contributed by atoms with Crippen molar-refractivity contribution in [2.45, 2.75) is 16.3 Å². The molecule has 5 rings (SSSR count). The van der Waals surface area contributed by atoms with Crippen LogP contribution >= 0.6 is 23.1 Å². The zero-order valence-electron chi connectivity index (χ0n) is 16.4. The minimum Gasteiger partial charge on any atom is -0.333 e. The van der Waals surface area contributed by atoms with Gasteiger partial charge in [-0.15, -0.1) is 10.2 Å². The molecule has 1 N–H and O–H groups in total. The van der Waals surface area contributed by atoms with Crippen molar-refractivity contribution in [1.82, 2.24) is 10.2 Å². The van der Waals surface area contributed by atoms with Gasteiger partial charge in [0, 0.05) is 15.9 Å². The second kappa shape index (κ2) is 8.75. The van der Waals surface area contributed by atoms with Crippen molar-refractivity contribution in [3.8, 4) is 0 Å². The lowest BCUT2D eigenvalue weighted by Crippen LogP contribution is -2.20. The van der Waals surface area contributed by atoms with Crippen LogP contribution in [0.15, 0.2) is 94.7 Å². The zero-order valence-corrected chi connectivity index (χ0v) is 18.1. The normalized spacial score (nSPS) is 12.5. The minimum atomic E-state index is -0.225. The first-order valence-electron chi connectivity index (χ1n) is 9.76. The molecule has 3 aromatic carbocycles. The van der Waals surface area contributed by atoms with E-state index < -0.39 is 0 Å². The fraction of sp³-hybridized carbons (Fsp3) is 0.0417. The summed E-state index contributed by atoms with van der Waals surface area (Å²) in [5.41, 5.74) is 3.27. The third-order valence-corrected chi connectivity index (χ3v) is 6.70. The van der Waals surface area contributed by atoms with Gasteiger partial charge < -0.3 is 4.90 Å². The fourth-order valence-corrected chi connectivity index (χ4v) is 5.17. The van der Waals surface area contributed by atoms with Crippen molar-refractivity contribution >= 4 is 51.6 Å². The van der Waals surface area contributed by atoms with E-state index >= 15 is 0 Å². The van der Waals surface area contributed by atoms with E-state index in [2.05, 4.69) is 56.8 Å². The van der Waals surface area contributed by atoms with Crippen molar-refractivity contribution in [1.29, 1.82) is 0 Å². The molecule has 4 aromatic rings. The molecule has 0 radical (unpaired) electrons. The smallest absolute Gasteiger partial charge is 0.250 e. The fourth-order valence-electron chi connectivity index (χ4n) is 3.34. The second-order valence-electron chi connectivity index (χ2n) is 6.86. The Hall–Kier alpha value is -3.42.